The Morgan fingerprint density at radius 1 is 0.400 bits per heavy atom. The lowest BCUT2D eigenvalue weighted by Crippen LogP contribution is -2.10. The number of carbonyl (C=O) groups is 5. The van der Waals surface area contributed by atoms with Crippen LogP contribution in [-0.2, 0) is 32.7 Å². The molecule has 8 N–H and O–H groups in total. The van der Waals surface area contributed by atoms with Crippen LogP contribution < -0.4 is 27.0 Å². The fourth-order valence-electron chi connectivity index (χ4n) is 7.83. The first kappa shape index (κ1) is 73.9. The number of esters is 3. The minimum absolute atomic E-state index is 0.000839. The van der Waals surface area contributed by atoms with Crippen LogP contribution in [0.1, 0.15) is 96.3 Å². The number of rotatable bonds is 13. The van der Waals surface area contributed by atoms with E-state index >= 15 is 0 Å². The Labute approximate surface area is 554 Å². The van der Waals surface area contributed by atoms with E-state index in [9.17, 15) is 73.7 Å². The molecular weight excluding hydrogens is 1450 g/mol. The van der Waals surface area contributed by atoms with Gasteiger partial charge in [-0.1, -0.05) is 0 Å². The summed E-state index contributed by atoms with van der Waals surface area (Å²) in [5, 5.41) is 74.8. The minimum Gasteiger partial charge on any atom is -0.478 e. The van der Waals surface area contributed by atoms with Crippen LogP contribution in [0.15, 0.2) is 150 Å². The summed E-state index contributed by atoms with van der Waals surface area (Å²) in [6.45, 7) is 0. The van der Waals surface area contributed by atoms with Gasteiger partial charge in [0, 0.05) is 13.7 Å². The Kier molecular flexibility index (Phi) is 25.2. The molecule has 0 fully saturated rings. The number of nitrogens with zero attached hydrogens (tertiary/aromatic N) is 5. The average molecular weight is 1490 g/mol. The number of nitrogens with two attached hydrogens (primary N) is 1. The van der Waals surface area contributed by atoms with E-state index in [0.29, 0.717) is 19.3 Å². The van der Waals surface area contributed by atoms with Crippen LogP contribution in [-0.4, -0.2) is 61.4 Å². The van der Waals surface area contributed by atoms with Gasteiger partial charge in [-0.15, -0.1) is 0 Å². The number of nitrogen functional groups attached to an aromatic ring is 1. The monoisotopic (exact) mass is 1490 g/mol. The molecule has 0 unspecified atom stereocenters. The normalized spacial score (nSPS) is 10.5. The van der Waals surface area contributed by atoms with E-state index in [1.165, 1.54) is 86.0 Å². The number of ether oxygens (including phenoxy) is 3. The number of anilines is 9. The van der Waals surface area contributed by atoms with Crippen LogP contribution in [0, 0.1) is 60.2 Å². The highest BCUT2D eigenvalue weighted by Crippen LogP contribution is 2.40. The average Bonchev–Trinajstić information content (AvgIpc) is 0.808. The predicted molar refractivity (Wildman–Crippen MR) is 336 cm³/mol. The van der Waals surface area contributed by atoms with Gasteiger partial charge in [-0.25, -0.2) is 24.0 Å². The van der Waals surface area contributed by atoms with Gasteiger partial charge in [0.1, 0.15) is 0 Å². The summed E-state index contributed by atoms with van der Waals surface area (Å²) in [6.07, 6.45) is -13.6. The molecule has 0 spiro atoms. The van der Waals surface area contributed by atoms with E-state index < -0.39 is 65.1 Å². The van der Waals surface area contributed by atoms with Crippen LogP contribution in [0.5, 0.6) is 0 Å². The number of benzene rings is 8. The highest BCUT2D eigenvalue weighted by Gasteiger charge is 2.34. The van der Waals surface area contributed by atoms with Gasteiger partial charge in [-0.05, 0) is 184 Å². The molecule has 0 atom stereocenters. The smallest absolute Gasteiger partial charge is 0.416 e. The Balaban J connectivity index is 0.000000254. The predicted octanol–water partition coefficient (Wildman–Crippen LogP) is 15.8. The van der Waals surface area contributed by atoms with Gasteiger partial charge < -0.3 is 51.4 Å². The molecule has 0 radical (unpaired) electrons. The molecule has 0 bridgehead atoms. The Morgan fingerprint density at radius 2 is 0.663 bits per heavy atom. The van der Waals surface area contributed by atoms with Crippen molar-refractivity contribution in [3.05, 3.63) is 226 Å². The molecule has 0 aliphatic heterocycles. The van der Waals surface area contributed by atoms with Crippen LogP contribution in [0.4, 0.5) is 90.7 Å². The second-order valence-electron chi connectivity index (χ2n) is 18.6. The third-order valence-electron chi connectivity index (χ3n) is 12.5. The van der Waals surface area contributed by atoms with Gasteiger partial charge in [0.2, 0.25) is 0 Å². The molecule has 95 heavy (non-hydrogen) atoms. The molecular formula is C64H41BrF9IN10O10. The number of alkyl halides is 9. The first-order valence-electron chi connectivity index (χ1n) is 25.9. The zero-order valence-electron chi connectivity index (χ0n) is 48.5. The van der Waals surface area contributed by atoms with Crippen molar-refractivity contribution < 1.29 is 87.9 Å². The molecule has 484 valence electrons. The molecule has 0 amide bonds. The quantitative estimate of drug-likeness (QED) is 0.0185. The minimum atomic E-state index is -4.71. The number of halogens is 11. The maximum Gasteiger partial charge on any atom is 0.416 e. The van der Waals surface area contributed by atoms with Crippen molar-refractivity contribution in [2.75, 3.05) is 48.3 Å². The number of methoxy groups -OCH3 is 3. The van der Waals surface area contributed by atoms with Crippen molar-refractivity contribution in [3.8, 4) is 30.3 Å². The molecule has 8 rings (SSSR count). The number of aromatic carboxylic acids is 2. The highest BCUT2D eigenvalue weighted by atomic mass is 127. The van der Waals surface area contributed by atoms with Crippen molar-refractivity contribution in [1.82, 2.24) is 0 Å². The highest BCUT2D eigenvalue weighted by molar-refractivity contribution is 14.1. The number of carboxylic acids is 2. The standard InChI is InChI=1S/C25H17F3N4O4.C23H13F3N4O4.C9H8N2O2.C7H3BrF3I/c1-35-23(33)17-9-14(12-29)3-6-19(17)31-21-8-5-16(25(26,27)28)11-22(21)32-20-7-4-15(13-30)10-18(20)24(34)36-2;24-23(25,26)14-3-6-19(29-17-4-1-12(10-27)7-15(17)21(31)32)20(9-14)30-18-5-2-13(11-28)8-16(18)22(33)34;1-13-9(12)7-4-6(5-10)2-3-8(7)11;8-5-2-1-4(3-6(5)12)7(9,10)11/h3-11,31-32H,1-2H3;1-9,29-30H,(H,31,32)(H,33,34);2-4H,11H2,1H3;1-3H. The summed E-state index contributed by atoms with van der Waals surface area (Å²) >= 11 is 4.96. The molecule has 0 heterocycles. The Bertz CT molecular complexity index is 4520. The second kappa shape index (κ2) is 32.4. The summed E-state index contributed by atoms with van der Waals surface area (Å²) in [4.78, 5) is 58.8. The summed E-state index contributed by atoms with van der Waals surface area (Å²) < 4.78 is 132. The fraction of sp³-hybridized carbons (Fsp3) is 0.0938. The van der Waals surface area contributed by atoms with E-state index in [4.69, 9.17) is 41.5 Å². The number of carboxylic acid groups (broad SMARTS) is 2. The van der Waals surface area contributed by atoms with Crippen molar-refractivity contribution in [3.63, 3.8) is 0 Å². The topological polar surface area (TPSA) is 347 Å². The van der Waals surface area contributed by atoms with Gasteiger partial charge in [0.05, 0.1) is 169 Å². The van der Waals surface area contributed by atoms with E-state index in [1.54, 1.807) is 18.2 Å². The maximum absolute atomic E-state index is 13.5. The molecule has 20 nitrogen and oxygen atoms in total. The molecule has 0 aliphatic carbocycles. The first-order valence-corrected chi connectivity index (χ1v) is 27.8. The van der Waals surface area contributed by atoms with Crippen molar-refractivity contribution in [2.24, 2.45) is 0 Å². The number of hydrogen-bond acceptors (Lipinski definition) is 18. The summed E-state index contributed by atoms with van der Waals surface area (Å²) in [7, 11) is 3.54. The first-order chi connectivity index (χ1) is 44.7. The van der Waals surface area contributed by atoms with Gasteiger partial charge in [-0.2, -0.15) is 65.8 Å². The Morgan fingerprint density at radius 3 is 0.968 bits per heavy atom. The van der Waals surface area contributed by atoms with E-state index in [-0.39, 0.29) is 95.6 Å². The van der Waals surface area contributed by atoms with Gasteiger partial charge in [-0.3, -0.25) is 0 Å². The molecule has 0 aliphatic rings. The molecule has 0 saturated heterocycles. The summed E-state index contributed by atoms with van der Waals surface area (Å²) in [5.74, 6) is -4.90. The lowest BCUT2D eigenvalue weighted by atomic mass is 10.1. The second-order valence-corrected chi connectivity index (χ2v) is 20.6. The fourth-order valence-corrected chi connectivity index (χ4v) is 8.60. The molecule has 8 aromatic rings. The van der Waals surface area contributed by atoms with Crippen LogP contribution in [0.2, 0.25) is 0 Å². The maximum atomic E-state index is 13.5. The number of nitriles is 5. The van der Waals surface area contributed by atoms with Crippen LogP contribution in [0.3, 0.4) is 0 Å². The molecule has 0 saturated carbocycles. The van der Waals surface area contributed by atoms with E-state index in [1.807, 2.05) is 40.8 Å². The number of hydrogen-bond donors (Lipinski definition) is 7. The lowest BCUT2D eigenvalue weighted by Gasteiger charge is -2.19. The van der Waals surface area contributed by atoms with Gasteiger partial charge >= 0.3 is 48.4 Å². The largest absolute Gasteiger partial charge is 0.478 e. The SMILES string of the molecule is COC(=O)c1cc(C#N)ccc1N.COC(=O)c1cc(C#N)ccc1Nc1ccc(C(F)(F)F)cc1Nc1ccc(C#N)cc1C(=O)OC.FC(F)(F)c1ccc(Br)c(I)c1.N#Cc1ccc(Nc2ccc(C(F)(F)F)cc2Nc2ccc(C#N)cc2C(=O)O)c(C(=O)O)c1. The van der Waals surface area contributed by atoms with Crippen LogP contribution >= 0.6 is 38.5 Å². The molecule has 0 aromatic heterocycles. The van der Waals surface area contributed by atoms with Crippen molar-refractivity contribution >= 4 is 120 Å². The molecule has 8 aromatic carbocycles. The summed E-state index contributed by atoms with van der Waals surface area (Å²) in [5.41, 5.74) is 3.43. The zero-order chi connectivity index (χ0) is 70.7. The lowest BCUT2D eigenvalue weighted by molar-refractivity contribution is -0.138. The number of carbonyl (C=O) groups excluding carboxylic acids is 3. The summed E-state index contributed by atoms with van der Waals surface area (Å²) in [6, 6.07) is 38.0. The van der Waals surface area contributed by atoms with E-state index in [2.05, 4.69) is 41.9 Å². The zero-order valence-corrected chi connectivity index (χ0v) is 52.2. The molecule has 31 heteroatoms. The number of nitrogens with one attached hydrogen (secondary N) is 4. The van der Waals surface area contributed by atoms with Gasteiger partial charge in [0.25, 0.3) is 0 Å². The van der Waals surface area contributed by atoms with Crippen molar-refractivity contribution in [2.45, 2.75) is 18.5 Å². The van der Waals surface area contributed by atoms with Crippen LogP contribution in [0.25, 0.3) is 0 Å². The Hall–Kier alpha value is -11.9. The third kappa shape index (κ3) is 20.1. The van der Waals surface area contributed by atoms with E-state index in [0.717, 1.165) is 74.9 Å². The third-order valence-corrected chi connectivity index (χ3v) is 14.8. The van der Waals surface area contributed by atoms with Gasteiger partial charge in [0.15, 0.2) is 0 Å². The van der Waals surface area contributed by atoms with Crippen molar-refractivity contribution in [1.29, 1.82) is 26.3 Å².